The van der Waals surface area contributed by atoms with E-state index in [1.807, 2.05) is 0 Å². The van der Waals surface area contributed by atoms with Crippen molar-refractivity contribution in [1.82, 2.24) is 15.2 Å². The largest absolute Gasteiger partial charge is 0.490 e. The van der Waals surface area contributed by atoms with Crippen LogP contribution in [0.1, 0.15) is 5.56 Å². The molecule has 0 spiro atoms. The number of hydrogen-bond donors (Lipinski definition) is 3. The first-order valence-electron chi connectivity index (χ1n) is 11.5. The van der Waals surface area contributed by atoms with Crippen LogP contribution in [0.25, 0.3) is 0 Å². The molecule has 8 nitrogen and oxygen atoms in total. The first-order valence-corrected chi connectivity index (χ1v) is 11.9. The van der Waals surface area contributed by atoms with Crippen LogP contribution in [0.4, 0.5) is 29.3 Å². The quantitative estimate of drug-likeness (QED) is 0.354. The normalized spacial score (nSPS) is 14.2. The zero-order chi connectivity index (χ0) is 26.3. The molecule has 1 aliphatic heterocycles. The van der Waals surface area contributed by atoms with Crippen molar-refractivity contribution in [2.45, 2.75) is 6.18 Å². The number of halogens is 4. The van der Waals surface area contributed by atoms with Crippen LogP contribution in [0.5, 0.6) is 17.2 Å². The molecule has 1 fully saturated rings. The molecule has 0 bridgehead atoms. The lowest BCUT2D eigenvalue weighted by molar-refractivity contribution is -0.138. The molecular formula is C25H25ClF3N5O3. The van der Waals surface area contributed by atoms with Crippen LogP contribution in [-0.4, -0.2) is 55.2 Å². The summed E-state index contributed by atoms with van der Waals surface area (Å²) in [5.74, 6) is 0.582. The van der Waals surface area contributed by atoms with Crippen LogP contribution in [0, 0.1) is 0 Å². The summed E-state index contributed by atoms with van der Waals surface area (Å²) in [6.45, 7) is 3.65. The number of carbonyl (C=O) groups is 1. The van der Waals surface area contributed by atoms with Gasteiger partial charge in [0.25, 0.3) is 0 Å². The van der Waals surface area contributed by atoms with Gasteiger partial charge in [0.15, 0.2) is 5.75 Å². The summed E-state index contributed by atoms with van der Waals surface area (Å²) in [6.07, 6.45) is -1.64. The maximum atomic E-state index is 14.0. The van der Waals surface area contributed by atoms with Gasteiger partial charge in [0.1, 0.15) is 23.7 Å². The van der Waals surface area contributed by atoms with E-state index < -0.39 is 29.2 Å². The molecule has 0 radical (unpaired) electrons. The van der Waals surface area contributed by atoms with E-state index in [1.165, 1.54) is 6.07 Å². The summed E-state index contributed by atoms with van der Waals surface area (Å²) >= 11 is 6.08. The molecule has 12 heteroatoms. The highest BCUT2D eigenvalue weighted by Crippen LogP contribution is 2.45. The Kier molecular flexibility index (Phi) is 8.70. The lowest BCUT2D eigenvalue weighted by Crippen LogP contribution is -2.44. The van der Waals surface area contributed by atoms with Crippen molar-refractivity contribution in [2.24, 2.45) is 0 Å². The van der Waals surface area contributed by atoms with Crippen molar-refractivity contribution >= 4 is 29.0 Å². The third-order valence-corrected chi connectivity index (χ3v) is 5.80. The summed E-state index contributed by atoms with van der Waals surface area (Å²) in [7, 11) is 0. The van der Waals surface area contributed by atoms with Crippen molar-refractivity contribution in [3.8, 4) is 17.2 Å². The molecule has 37 heavy (non-hydrogen) atoms. The first kappa shape index (κ1) is 26.5. The second kappa shape index (κ2) is 12.1. The number of aromatic nitrogens is 1. The highest BCUT2D eigenvalue weighted by atomic mass is 35.5. The van der Waals surface area contributed by atoms with Gasteiger partial charge in [-0.3, -0.25) is 9.88 Å². The number of nitrogens with zero attached hydrogens (tertiary/aromatic N) is 2. The van der Waals surface area contributed by atoms with E-state index >= 15 is 0 Å². The predicted octanol–water partition coefficient (Wildman–Crippen LogP) is 5.47. The molecule has 196 valence electrons. The Morgan fingerprint density at radius 3 is 2.35 bits per heavy atom. The van der Waals surface area contributed by atoms with Crippen molar-refractivity contribution in [1.29, 1.82) is 0 Å². The standard InChI is InChI=1S/C25H25ClF3N5O3/c26-20-5-6-21(22(25(27,28)29)23(20)36-16-15-34-13-11-31-12-14-34)33-24(35)32-17-1-3-18(4-2-17)37-19-7-9-30-10-8-19/h1-10,31H,11-16H2,(H2,32,33,35). The summed E-state index contributed by atoms with van der Waals surface area (Å²) < 4.78 is 53.2. The van der Waals surface area contributed by atoms with Gasteiger partial charge in [-0.05, 0) is 48.5 Å². The first-order chi connectivity index (χ1) is 17.8. The molecule has 1 saturated heterocycles. The van der Waals surface area contributed by atoms with E-state index in [9.17, 15) is 18.0 Å². The Morgan fingerprint density at radius 1 is 1.00 bits per heavy atom. The second-order valence-electron chi connectivity index (χ2n) is 8.13. The van der Waals surface area contributed by atoms with E-state index in [2.05, 4.69) is 25.8 Å². The SMILES string of the molecule is O=C(Nc1ccc(Oc2ccncc2)cc1)Nc1ccc(Cl)c(OCCN2CCNCC2)c1C(F)(F)F. The predicted molar refractivity (Wildman–Crippen MR) is 135 cm³/mol. The Hall–Kier alpha value is -3.54. The summed E-state index contributed by atoms with van der Waals surface area (Å²) in [4.78, 5) is 18.5. The lowest BCUT2D eigenvalue weighted by Gasteiger charge is -2.27. The van der Waals surface area contributed by atoms with Crippen LogP contribution in [-0.2, 0) is 6.18 Å². The molecule has 3 aromatic rings. The van der Waals surface area contributed by atoms with Crippen LogP contribution in [0.15, 0.2) is 60.9 Å². The molecular weight excluding hydrogens is 511 g/mol. The number of ether oxygens (including phenoxy) is 2. The van der Waals surface area contributed by atoms with E-state index in [4.69, 9.17) is 21.1 Å². The molecule has 1 aromatic heterocycles. The maximum Gasteiger partial charge on any atom is 0.422 e. The Morgan fingerprint density at radius 2 is 1.68 bits per heavy atom. The van der Waals surface area contributed by atoms with Crippen molar-refractivity contribution in [3.63, 3.8) is 0 Å². The van der Waals surface area contributed by atoms with Gasteiger partial charge in [-0.2, -0.15) is 13.2 Å². The van der Waals surface area contributed by atoms with Gasteiger partial charge in [-0.1, -0.05) is 11.6 Å². The Balaban J connectivity index is 1.42. The summed E-state index contributed by atoms with van der Waals surface area (Å²) in [5.41, 5.74) is -1.25. The highest BCUT2D eigenvalue weighted by Gasteiger charge is 2.39. The molecule has 2 aromatic carbocycles. The van der Waals surface area contributed by atoms with Gasteiger partial charge in [0, 0.05) is 50.8 Å². The van der Waals surface area contributed by atoms with Crippen molar-refractivity contribution in [3.05, 3.63) is 71.5 Å². The topological polar surface area (TPSA) is 87.8 Å². The average molecular weight is 536 g/mol. The molecule has 2 heterocycles. The number of carbonyl (C=O) groups excluding carboxylic acids is 1. The molecule has 0 aliphatic carbocycles. The Labute approximate surface area is 216 Å². The van der Waals surface area contributed by atoms with E-state index in [0.717, 1.165) is 32.2 Å². The van der Waals surface area contributed by atoms with E-state index in [-0.39, 0.29) is 11.6 Å². The van der Waals surface area contributed by atoms with Gasteiger partial charge in [0.2, 0.25) is 0 Å². The zero-order valence-corrected chi connectivity index (χ0v) is 20.4. The van der Waals surface area contributed by atoms with Crippen LogP contribution < -0.4 is 25.4 Å². The fourth-order valence-corrected chi connectivity index (χ4v) is 3.94. The fourth-order valence-electron chi connectivity index (χ4n) is 3.73. The average Bonchev–Trinajstić information content (AvgIpc) is 2.87. The molecule has 4 rings (SSSR count). The van der Waals surface area contributed by atoms with E-state index in [1.54, 1.807) is 48.8 Å². The number of anilines is 2. The number of piperazine rings is 1. The maximum absolute atomic E-state index is 14.0. The van der Waals surface area contributed by atoms with Gasteiger partial charge < -0.3 is 25.4 Å². The molecule has 2 amide bonds. The summed E-state index contributed by atoms with van der Waals surface area (Å²) in [5, 5.41) is 7.79. The number of amides is 2. The number of pyridine rings is 1. The van der Waals surface area contributed by atoms with E-state index in [0.29, 0.717) is 23.7 Å². The molecule has 1 aliphatic rings. The number of nitrogens with one attached hydrogen (secondary N) is 3. The fraction of sp³-hybridized carbons (Fsp3) is 0.280. The lowest BCUT2D eigenvalue weighted by atomic mass is 10.1. The number of hydrogen-bond acceptors (Lipinski definition) is 6. The third kappa shape index (κ3) is 7.48. The van der Waals surface area contributed by atoms with Crippen LogP contribution >= 0.6 is 11.6 Å². The molecule has 3 N–H and O–H groups in total. The highest BCUT2D eigenvalue weighted by molar-refractivity contribution is 6.32. The Bertz CT molecular complexity index is 1190. The summed E-state index contributed by atoms with van der Waals surface area (Å²) in [6, 6.07) is 11.2. The van der Waals surface area contributed by atoms with Crippen LogP contribution in [0.3, 0.4) is 0 Å². The zero-order valence-electron chi connectivity index (χ0n) is 19.6. The number of benzene rings is 2. The molecule has 0 unspecified atom stereocenters. The minimum Gasteiger partial charge on any atom is -0.490 e. The van der Waals surface area contributed by atoms with Crippen LogP contribution in [0.2, 0.25) is 5.02 Å². The van der Waals surface area contributed by atoms with Crippen molar-refractivity contribution < 1.29 is 27.4 Å². The number of rotatable bonds is 8. The molecule has 0 atom stereocenters. The molecule has 0 saturated carbocycles. The van der Waals surface area contributed by atoms with Gasteiger partial charge in [-0.15, -0.1) is 0 Å². The number of urea groups is 1. The number of alkyl halides is 3. The second-order valence-corrected chi connectivity index (χ2v) is 8.53. The van der Waals surface area contributed by atoms with Gasteiger partial charge in [-0.25, -0.2) is 4.79 Å². The van der Waals surface area contributed by atoms with Crippen molar-refractivity contribution in [2.75, 3.05) is 50.0 Å². The van der Waals surface area contributed by atoms with Gasteiger partial charge in [0.05, 0.1) is 10.7 Å². The monoisotopic (exact) mass is 535 g/mol. The minimum absolute atomic E-state index is 0.0202. The minimum atomic E-state index is -4.82. The van der Waals surface area contributed by atoms with Gasteiger partial charge >= 0.3 is 12.2 Å². The smallest absolute Gasteiger partial charge is 0.422 e. The third-order valence-electron chi connectivity index (χ3n) is 5.50.